The number of hydrogen-bond donors (Lipinski definition) is 2. The Morgan fingerprint density at radius 1 is 0.963 bits per heavy atom. The largest absolute Gasteiger partial charge is 0.416 e. The third-order valence-electron chi connectivity index (χ3n) is 3.78. The monoisotopic (exact) mass is 371 g/mol. The molecule has 27 heavy (non-hydrogen) atoms. The Morgan fingerprint density at radius 3 is 2.48 bits per heavy atom. The van der Waals surface area contributed by atoms with Gasteiger partial charge in [-0.25, -0.2) is 4.98 Å². The number of hydrogen-bond acceptors (Lipinski definition) is 3. The predicted octanol–water partition coefficient (Wildman–Crippen LogP) is 4.77. The molecule has 0 aliphatic carbocycles. The first kappa shape index (κ1) is 18.4. The molecule has 0 radical (unpaired) electrons. The second-order valence-corrected chi connectivity index (χ2v) is 5.80. The van der Waals surface area contributed by atoms with Crippen LogP contribution in [0.2, 0.25) is 0 Å². The molecule has 1 heterocycles. The molecule has 7 heteroatoms. The van der Waals surface area contributed by atoms with E-state index in [9.17, 15) is 18.0 Å². The summed E-state index contributed by atoms with van der Waals surface area (Å²) in [7, 11) is 0. The van der Waals surface area contributed by atoms with Gasteiger partial charge in [0.1, 0.15) is 5.82 Å². The van der Waals surface area contributed by atoms with Gasteiger partial charge in [0.2, 0.25) is 0 Å². The van der Waals surface area contributed by atoms with Crippen LogP contribution in [0.25, 0.3) is 0 Å². The van der Waals surface area contributed by atoms with Gasteiger partial charge in [-0.2, -0.15) is 13.2 Å². The van der Waals surface area contributed by atoms with E-state index in [2.05, 4.69) is 15.6 Å². The Hall–Kier alpha value is -3.35. The van der Waals surface area contributed by atoms with Crippen LogP contribution in [-0.4, -0.2) is 10.9 Å². The molecule has 0 unspecified atom stereocenters. The third kappa shape index (κ3) is 5.07. The highest BCUT2D eigenvalue weighted by molar-refractivity contribution is 5.94. The maximum absolute atomic E-state index is 12.8. The maximum atomic E-state index is 12.8. The second-order valence-electron chi connectivity index (χ2n) is 5.80. The number of benzene rings is 2. The summed E-state index contributed by atoms with van der Waals surface area (Å²) in [6.45, 7) is -0.00742. The molecule has 0 spiro atoms. The standard InChI is InChI=1S/C20H16F3N3O/c21-20(22,23)16-6-4-5-14(11-16)13-25-19(27)15-9-10-24-18(12-15)26-17-7-2-1-3-8-17/h1-12H,13H2,(H,24,26)(H,25,27). The van der Waals surface area contributed by atoms with Crippen LogP contribution in [0.5, 0.6) is 0 Å². The molecule has 4 nitrogen and oxygen atoms in total. The lowest BCUT2D eigenvalue weighted by Gasteiger charge is -2.10. The van der Waals surface area contributed by atoms with E-state index in [1.54, 1.807) is 6.07 Å². The molecule has 0 atom stereocenters. The molecule has 138 valence electrons. The van der Waals surface area contributed by atoms with Crippen LogP contribution in [0, 0.1) is 0 Å². The van der Waals surface area contributed by atoms with Gasteiger partial charge in [0, 0.05) is 24.0 Å². The van der Waals surface area contributed by atoms with E-state index in [4.69, 9.17) is 0 Å². The molecule has 1 amide bonds. The number of anilines is 2. The third-order valence-corrected chi connectivity index (χ3v) is 3.78. The van der Waals surface area contributed by atoms with E-state index in [1.165, 1.54) is 24.4 Å². The zero-order valence-electron chi connectivity index (χ0n) is 14.1. The zero-order valence-corrected chi connectivity index (χ0v) is 14.1. The summed E-state index contributed by atoms with van der Waals surface area (Å²) in [6.07, 6.45) is -2.92. The highest BCUT2D eigenvalue weighted by Crippen LogP contribution is 2.29. The Labute approximate surface area is 154 Å². The van der Waals surface area contributed by atoms with Crippen LogP contribution >= 0.6 is 0 Å². The number of nitrogens with one attached hydrogen (secondary N) is 2. The lowest BCUT2D eigenvalue weighted by molar-refractivity contribution is -0.137. The number of nitrogens with zero attached hydrogens (tertiary/aromatic N) is 1. The molecule has 3 aromatic rings. The van der Waals surface area contributed by atoms with Gasteiger partial charge in [-0.05, 0) is 42.0 Å². The van der Waals surface area contributed by atoms with Crippen molar-refractivity contribution in [3.8, 4) is 0 Å². The summed E-state index contributed by atoms with van der Waals surface area (Å²) >= 11 is 0. The van der Waals surface area contributed by atoms with Crippen LogP contribution in [0.15, 0.2) is 72.9 Å². The highest BCUT2D eigenvalue weighted by Gasteiger charge is 2.30. The van der Waals surface area contributed by atoms with Gasteiger partial charge in [0.15, 0.2) is 0 Å². The number of para-hydroxylation sites is 1. The number of rotatable bonds is 5. The van der Waals surface area contributed by atoms with Crippen molar-refractivity contribution in [2.24, 2.45) is 0 Å². The van der Waals surface area contributed by atoms with Crippen molar-refractivity contribution in [1.82, 2.24) is 10.3 Å². The van der Waals surface area contributed by atoms with E-state index >= 15 is 0 Å². The van der Waals surface area contributed by atoms with Crippen LogP contribution in [0.1, 0.15) is 21.5 Å². The Bertz CT molecular complexity index is 927. The van der Waals surface area contributed by atoms with Crippen molar-refractivity contribution >= 4 is 17.4 Å². The summed E-state index contributed by atoms with van der Waals surface area (Å²) in [4.78, 5) is 16.5. The van der Waals surface area contributed by atoms with E-state index < -0.39 is 17.6 Å². The Kier molecular flexibility index (Phi) is 5.40. The summed E-state index contributed by atoms with van der Waals surface area (Å²) in [5, 5.41) is 5.70. The van der Waals surface area contributed by atoms with Gasteiger partial charge < -0.3 is 10.6 Å². The predicted molar refractivity (Wildman–Crippen MR) is 96.6 cm³/mol. The molecule has 0 saturated heterocycles. The molecule has 3 rings (SSSR count). The van der Waals surface area contributed by atoms with Crippen molar-refractivity contribution in [2.45, 2.75) is 12.7 Å². The van der Waals surface area contributed by atoms with Gasteiger partial charge in [0.25, 0.3) is 5.91 Å². The van der Waals surface area contributed by atoms with Crippen molar-refractivity contribution in [3.05, 3.63) is 89.6 Å². The van der Waals surface area contributed by atoms with E-state index in [1.807, 2.05) is 30.3 Å². The fourth-order valence-corrected chi connectivity index (χ4v) is 2.45. The molecule has 0 saturated carbocycles. The molecule has 0 fully saturated rings. The quantitative estimate of drug-likeness (QED) is 0.679. The van der Waals surface area contributed by atoms with Crippen LogP contribution < -0.4 is 10.6 Å². The number of amides is 1. The number of carbonyl (C=O) groups is 1. The molecule has 1 aromatic heterocycles. The van der Waals surface area contributed by atoms with Crippen molar-refractivity contribution in [2.75, 3.05) is 5.32 Å². The van der Waals surface area contributed by atoms with E-state index in [0.717, 1.165) is 17.8 Å². The fourth-order valence-electron chi connectivity index (χ4n) is 2.45. The first-order valence-electron chi connectivity index (χ1n) is 8.14. The molecule has 0 bridgehead atoms. The van der Waals surface area contributed by atoms with Crippen molar-refractivity contribution in [1.29, 1.82) is 0 Å². The first-order valence-corrected chi connectivity index (χ1v) is 8.14. The summed E-state index contributed by atoms with van der Waals surface area (Å²) in [5.74, 6) is 0.0962. The minimum Gasteiger partial charge on any atom is -0.348 e. The number of carbonyl (C=O) groups excluding carboxylic acids is 1. The van der Waals surface area contributed by atoms with Crippen LogP contribution in [0.4, 0.5) is 24.7 Å². The van der Waals surface area contributed by atoms with Gasteiger partial charge in [-0.1, -0.05) is 30.3 Å². The summed E-state index contributed by atoms with van der Waals surface area (Å²) < 4.78 is 38.3. The average molecular weight is 371 g/mol. The minimum absolute atomic E-state index is 0.00742. The van der Waals surface area contributed by atoms with Gasteiger partial charge in [-0.3, -0.25) is 4.79 Å². The average Bonchev–Trinajstić information content (AvgIpc) is 2.67. The molecular weight excluding hydrogens is 355 g/mol. The normalized spacial score (nSPS) is 11.1. The van der Waals surface area contributed by atoms with E-state index in [0.29, 0.717) is 16.9 Å². The van der Waals surface area contributed by atoms with Gasteiger partial charge in [0.05, 0.1) is 5.56 Å². The van der Waals surface area contributed by atoms with E-state index in [-0.39, 0.29) is 6.54 Å². The summed E-state index contributed by atoms with van der Waals surface area (Å²) in [5.41, 5.74) is 0.810. The molecular formula is C20H16F3N3O. The summed E-state index contributed by atoms with van der Waals surface area (Å²) in [6, 6.07) is 17.3. The molecule has 2 aromatic carbocycles. The molecule has 0 aliphatic rings. The van der Waals surface area contributed by atoms with Crippen LogP contribution in [-0.2, 0) is 12.7 Å². The Balaban J connectivity index is 1.66. The molecule has 0 aliphatic heterocycles. The number of alkyl halides is 3. The topological polar surface area (TPSA) is 54.0 Å². The van der Waals surface area contributed by atoms with Crippen LogP contribution in [0.3, 0.4) is 0 Å². The number of aromatic nitrogens is 1. The van der Waals surface area contributed by atoms with Crippen molar-refractivity contribution < 1.29 is 18.0 Å². The lowest BCUT2D eigenvalue weighted by atomic mass is 10.1. The SMILES string of the molecule is O=C(NCc1cccc(C(F)(F)F)c1)c1ccnc(Nc2ccccc2)c1. The van der Waals surface area contributed by atoms with Crippen molar-refractivity contribution in [3.63, 3.8) is 0 Å². The zero-order chi connectivity index (χ0) is 19.3. The first-order chi connectivity index (χ1) is 12.9. The fraction of sp³-hybridized carbons (Fsp3) is 0.100. The second kappa shape index (κ2) is 7.90. The lowest BCUT2D eigenvalue weighted by Crippen LogP contribution is -2.23. The number of pyridine rings is 1. The van der Waals surface area contributed by atoms with Gasteiger partial charge >= 0.3 is 6.18 Å². The molecule has 2 N–H and O–H groups in total. The maximum Gasteiger partial charge on any atom is 0.416 e. The smallest absolute Gasteiger partial charge is 0.348 e. The highest BCUT2D eigenvalue weighted by atomic mass is 19.4. The minimum atomic E-state index is -4.41. The van der Waals surface area contributed by atoms with Gasteiger partial charge in [-0.15, -0.1) is 0 Å². The number of halogens is 3. The Morgan fingerprint density at radius 2 is 1.74 bits per heavy atom.